The van der Waals surface area contributed by atoms with Crippen LogP contribution in [-0.4, -0.2) is 11.1 Å². The summed E-state index contributed by atoms with van der Waals surface area (Å²) in [6.45, 7) is 1.06. The molecule has 0 fully saturated rings. The number of pyridine rings is 1. The van der Waals surface area contributed by atoms with Crippen molar-refractivity contribution in [2.24, 2.45) is 11.7 Å². The average molecular weight is 232 g/mol. The topological polar surface area (TPSA) is 48.0 Å². The SMILES string of the molecule is NCC1Cc2c(F)ccc3ccc(=O)n(c23)C1. The van der Waals surface area contributed by atoms with E-state index in [2.05, 4.69) is 0 Å². The molecule has 0 bridgehead atoms. The van der Waals surface area contributed by atoms with Gasteiger partial charge < -0.3 is 10.3 Å². The largest absolute Gasteiger partial charge is 0.330 e. The van der Waals surface area contributed by atoms with Crippen molar-refractivity contribution in [3.63, 3.8) is 0 Å². The number of nitrogens with zero attached hydrogens (tertiary/aromatic N) is 1. The van der Waals surface area contributed by atoms with Crippen LogP contribution >= 0.6 is 0 Å². The summed E-state index contributed by atoms with van der Waals surface area (Å²) in [4.78, 5) is 11.8. The third-order valence-corrected chi connectivity index (χ3v) is 3.47. The molecule has 3 rings (SSSR count). The Morgan fingerprint density at radius 1 is 1.35 bits per heavy atom. The number of aromatic nitrogens is 1. The Morgan fingerprint density at radius 3 is 2.88 bits per heavy atom. The number of rotatable bonds is 1. The van der Waals surface area contributed by atoms with Crippen molar-refractivity contribution < 1.29 is 4.39 Å². The molecule has 1 atom stereocenters. The Labute approximate surface area is 97.7 Å². The maximum atomic E-state index is 13.8. The van der Waals surface area contributed by atoms with Crippen molar-refractivity contribution in [3.8, 4) is 0 Å². The fourth-order valence-electron chi connectivity index (χ4n) is 2.59. The van der Waals surface area contributed by atoms with Gasteiger partial charge in [0, 0.05) is 18.2 Å². The Bertz CT molecular complexity index is 648. The van der Waals surface area contributed by atoms with Crippen LogP contribution < -0.4 is 11.3 Å². The first kappa shape index (κ1) is 10.5. The Morgan fingerprint density at radius 2 is 2.12 bits per heavy atom. The molecule has 2 heterocycles. The highest BCUT2D eigenvalue weighted by atomic mass is 19.1. The van der Waals surface area contributed by atoms with E-state index in [1.807, 2.05) is 0 Å². The van der Waals surface area contributed by atoms with Gasteiger partial charge in [-0.3, -0.25) is 4.79 Å². The minimum Gasteiger partial charge on any atom is -0.330 e. The maximum absolute atomic E-state index is 13.8. The molecule has 0 spiro atoms. The molecule has 0 saturated carbocycles. The van der Waals surface area contributed by atoms with Gasteiger partial charge >= 0.3 is 0 Å². The van der Waals surface area contributed by atoms with Crippen LogP contribution in [0.4, 0.5) is 4.39 Å². The molecule has 88 valence electrons. The summed E-state index contributed by atoms with van der Waals surface area (Å²) in [5.41, 5.74) is 6.93. The molecule has 1 unspecified atom stereocenters. The van der Waals surface area contributed by atoms with Crippen molar-refractivity contribution in [3.05, 3.63) is 46.0 Å². The quantitative estimate of drug-likeness (QED) is 0.805. The van der Waals surface area contributed by atoms with E-state index in [-0.39, 0.29) is 17.3 Å². The van der Waals surface area contributed by atoms with Gasteiger partial charge in [0.25, 0.3) is 5.56 Å². The lowest BCUT2D eigenvalue weighted by Crippen LogP contribution is -2.33. The highest BCUT2D eigenvalue weighted by molar-refractivity contribution is 5.83. The van der Waals surface area contributed by atoms with Crippen LogP contribution in [0.1, 0.15) is 5.56 Å². The molecule has 0 amide bonds. The molecule has 2 N–H and O–H groups in total. The van der Waals surface area contributed by atoms with E-state index in [1.54, 1.807) is 16.7 Å². The van der Waals surface area contributed by atoms with Crippen molar-refractivity contribution in [2.75, 3.05) is 6.54 Å². The molecular weight excluding hydrogens is 219 g/mol. The second kappa shape index (κ2) is 3.67. The standard InChI is InChI=1S/C13H13FN2O/c14-11-3-1-9-2-4-12(17)16-7-8(6-15)5-10(11)13(9)16/h1-4,8H,5-7,15H2. The van der Waals surface area contributed by atoms with Crippen LogP contribution in [0.2, 0.25) is 0 Å². The molecule has 17 heavy (non-hydrogen) atoms. The van der Waals surface area contributed by atoms with E-state index in [0.29, 0.717) is 25.1 Å². The lowest BCUT2D eigenvalue weighted by atomic mass is 9.92. The minimum atomic E-state index is -0.241. The summed E-state index contributed by atoms with van der Waals surface area (Å²) in [7, 11) is 0. The molecule has 0 radical (unpaired) electrons. The van der Waals surface area contributed by atoms with Crippen molar-refractivity contribution in [2.45, 2.75) is 13.0 Å². The molecular formula is C13H13FN2O. The Balaban J connectivity index is 2.40. The predicted octanol–water partition coefficient (Wildman–Crippen LogP) is 1.27. The molecule has 1 aromatic heterocycles. The maximum Gasteiger partial charge on any atom is 0.251 e. The second-order valence-corrected chi connectivity index (χ2v) is 4.55. The number of nitrogens with two attached hydrogens (primary N) is 1. The van der Waals surface area contributed by atoms with Gasteiger partial charge in [-0.1, -0.05) is 0 Å². The summed E-state index contributed by atoms with van der Waals surface area (Å²) in [5.74, 6) is -0.0994. The summed E-state index contributed by atoms with van der Waals surface area (Å²) < 4.78 is 15.5. The number of hydrogen-bond donors (Lipinski definition) is 1. The molecule has 4 heteroatoms. The predicted molar refractivity (Wildman–Crippen MR) is 64.4 cm³/mol. The first-order valence-corrected chi connectivity index (χ1v) is 5.71. The van der Waals surface area contributed by atoms with Crippen LogP contribution in [0.25, 0.3) is 10.9 Å². The van der Waals surface area contributed by atoms with Gasteiger partial charge in [0.15, 0.2) is 0 Å². The third-order valence-electron chi connectivity index (χ3n) is 3.47. The second-order valence-electron chi connectivity index (χ2n) is 4.55. The zero-order valence-corrected chi connectivity index (χ0v) is 9.32. The van der Waals surface area contributed by atoms with E-state index in [4.69, 9.17) is 5.73 Å². The molecule has 2 aromatic rings. The minimum absolute atomic E-state index is 0.0810. The zero-order valence-electron chi connectivity index (χ0n) is 9.32. The normalized spacial score (nSPS) is 18.6. The Kier molecular flexibility index (Phi) is 2.26. The van der Waals surface area contributed by atoms with Crippen molar-refractivity contribution in [1.29, 1.82) is 0 Å². The first-order chi connectivity index (χ1) is 8.20. The van der Waals surface area contributed by atoms with Gasteiger partial charge in [-0.05, 0) is 42.5 Å². The van der Waals surface area contributed by atoms with Gasteiger partial charge in [0.2, 0.25) is 0 Å². The summed E-state index contributed by atoms with van der Waals surface area (Å²) >= 11 is 0. The highest BCUT2D eigenvalue weighted by Gasteiger charge is 2.22. The van der Waals surface area contributed by atoms with E-state index in [9.17, 15) is 9.18 Å². The fraction of sp³-hybridized carbons (Fsp3) is 0.308. The summed E-state index contributed by atoms with van der Waals surface area (Å²) in [6.07, 6.45) is 0.614. The van der Waals surface area contributed by atoms with Crippen molar-refractivity contribution in [1.82, 2.24) is 4.57 Å². The summed E-state index contributed by atoms with van der Waals surface area (Å²) in [5, 5.41) is 0.913. The lowest BCUT2D eigenvalue weighted by Gasteiger charge is -2.25. The molecule has 1 aliphatic heterocycles. The van der Waals surface area contributed by atoms with Crippen LogP contribution in [0, 0.1) is 11.7 Å². The Hall–Kier alpha value is -1.68. The van der Waals surface area contributed by atoms with E-state index < -0.39 is 0 Å². The van der Waals surface area contributed by atoms with Crippen molar-refractivity contribution >= 4 is 10.9 Å². The number of halogens is 1. The van der Waals surface area contributed by atoms with Crippen LogP contribution in [0.5, 0.6) is 0 Å². The number of hydrogen-bond acceptors (Lipinski definition) is 2. The van der Waals surface area contributed by atoms with Crippen LogP contribution in [0.3, 0.4) is 0 Å². The highest BCUT2D eigenvalue weighted by Crippen LogP contribution is 2.27. The zero-order chi connectivity index (χ0) is 12.0. The van der Waals surface area contributed by atoms with Gasteiger partial charge in [-0.15, -0.1) is 0 Å². The first-order valence-electron chi connectivity index (χ1n) is 5.71. The molecule has 1 aromatic carbocycles. The molecule has 1 aliphatic rings. The fourth-order valence-corrected chi connectivity index (χ4v) is 2.59. The van der Waals surface area contributed by atoms with E-state index in [1.165, 1.54) is 12.1 Å². The number of benzene rings is 1. The lowest BCUT2D eigenvalue weighted by molar-refractivity contribution is 0.424. The van der Waals surface area contributed by atoms with Gasteiger partial charge in [-0.25, -0.2) is 4.39 Å². The summed E-state index contributed by atoms with van der Waals surface area (Å²) in [6, 6.07) is 6.46. The molecule has 0 aliphatic carbocycles. The van der Waals surface area contributed by atoms with Gasteiger partial charge in [0.1, 0.15) is 5.82 Å². The monoisotopic (exact) mass is 232 g/mol. The van der Waals surface area contributed by atoms with Crippen LogP contribution in [-0.2, 0) is 13.0 Å². The van der Waals surface area contributed by atoms with E-state index >= 15 is 0 Å². The third kappa shape index (κ3) is 1.48. The van der Waals surface area contributed by atoms with Crippen LogP contribution in [0.15, 0.2) is 29.1 Å². The van der Waals surface area contributed by atoms with Gasteiger partial charge in [-0.2, -0.15) is 0 Å². The average Bonchev–Trinajstić information content (AvgIpc) is 2.36. The van der Waals surface area contributed by atoms with Gasteiger partial charge in [0.05, 0.1) is 5.52 Å². The smallest absolute Gasteiger partial charge is 0.251 e. The molecule has 3 nitrogen and oxygen atoms in total. The molecule has 0 saturated heterocycles. The van der Waals surface area contributed by atoms with E-state index in [0.717, 1.165) is 10.9 Å².